The van der Waals surface area contributed by atoms with E-state index in [9.17, 15) is 14.0 Å². The summed E-state index contributed by atoms with van der Waals surface area (Å²) in [5.41, 5.74) is 5.42. The predicted molar refractivity (Wildman–Crippen MR) is 105 cm³/mol. The Kier molecular flexibility index (Phi) is 4.82. The van der Waals surface area contributed by atoms with Gasteiger partial charge in [-0.3, -0.25) is 9.69 Å². The maximum atomic E-state index is 14.8. The number of aromatic nitrogens is 2. The van der Waals surface area contributed by atoms with Gasteiger partial charge in [0.1, 0.15) is 11.9 Å². The third-order valence-corrected chi connectivity index (χ3v) is 4.86. The first-order valence-electron chi connectivity index (χ1n) is 9.14. The lowest BCUT2D eigenvalue weighted by atomic mass is 10.2. The molecule has 1 aromatic heterocycles. The van der Waals surface area contributed by atoms with Gasteiger partial charge in [-0.25, -0.2) is 13.9 Å². The van der Waals surface area contributed by atoms with Gasteiger partial charge in [-0.15, -0.1) is 5.73 Å². The number of nitrogens with one attached hydrogen (secondary N) is 1. The summed E-state index contributed by atoms with van der Waals surface area (Å²) in [7, 11) is 0. The zero-order chi connectivity index (χ0) is 20.5. The molecule has 9 heteroatoms. The number of fused-ring (bicyclic) bond motifs is 1. The summed E-state index contributed by atoms with van der Waals surface area (Å²) >= 11 is 0. The lowest BCUT2D eigenvalue weighted by Gasteiger charge is -2.20. The molecule has 1 saturated heterocycles. The van der Waals surface area contributed by atoms with Crippen molar-refractivity contribution in [1.29, 1.82) is 0 Å². The molecule has 2 aliphatic rings. The summed E-state index contributed by atoms with van der Waals surface area (Å²) < 4.78 is 21.7. The molecule has 0 saturated carbocycles. The van der Waals surface area contributed by atoms with Crippen LogP contribution in [-0.4, -0.2) is 41.0 Å². The molecule has 0 radical (unpaired) electrons. The normalized spacial score (nSPS) is 17.7. The highest BCUT2D eigenvalue weighted by atomic mass is 19.1. The number of ether oxygens (including phenoxy) is 1. The van der Waals surface area contributed by atoms with Crippen LogP contribution in [0.25, 0.3) is 6.20 Å². The number of benzene rings is 1. The number of cyclic esters (lactones) is 1. The maximum absolute atomic E-state index is 14.8. The molecule has 2 amide bonds. The largest absolute Gasteiger partial charge is 0.442 e. The second-order valence-corrected chi connectivity index (χ2v) is 6.96. The van der Waals surface area contributed by atoms with Crippen molar-refractivity contribution in [3.63, 3.8) is 0 Å². The SMILES string of the molecule is C=C=Cn1cc2c(n1)CN(c1ccc(N3C[C@H](CNC(C)=O)OC3=O)cc1F)C2. The fraction of sp³-hybridized carbons (Fsp3) is 0.300. The Morgan fingerprint density at radius 2 is 2.31 bits per heavy atom. The van der Waals surface area contributed by atoms with Crippen LogP contribution >= 0.6 is 0 Å². The number of anilines is 2. The number of amides is 2. The summed E-state index contributed by atoms with van der Waals surface area (Å²) in [5.74, 6) is -0.627. The Labute approximate surface area is 166 Å². The molecule has 0 aliphatic carbocycles. The molecule has 29 heavy (non-hydrogen) atoms. The number of rotatable bonds is 5. The van der Waals surface area contributed by atoms with Crippen LogP contribution in [0.5, 0.6) is 0 Å². The van der Waals surface area contributed by atoms with E-state index in [1.807, 2.05) is 11.1 Å². The number of nitrogens with zero attached hydrogens (tertiary/aromatic N) is 4. The Hall–Kier alpha value is -3.58. The number of carbonyl (C=O) groups is 2. The number of hydrogen-bond acceptors (Lipinski definition) is 5. The standard InChI is InChI=1S/C20H20FN5O3/c1-3-6-25-10-14-9-24(12-18(14)23-25)19-5-4-15(7-17(19)21)26-11-16(29-20(26)28)8-22-13(2)27/h4-7,10,16H,1,8-9,11-12H2,2H3,(H,22,27)/t16-/m0/s1. The average Bonchev–Trinajstić information content (AvgIpc) is 3.33. The molecule has 1 fully saturated rings. The summed E-state index contributed by atoms with van der Waals surface area (Å²) in [6.07, 6.45) is 2.48. The van der Waals surface area contributed by atoms with Crippen LogP contribution in [0.1, 0.15) is 18.2 Å². The van der Waals surface area contributed by atoms with Gasteiger partial charge < -0.3 is 15.0 Å². The van der Waals surface area contributed by atoms with Crippen molar-refractivity contribution < 1.29 is 18.7 Å². The number of halogens is 1. The monoisotopic (exact) mass is 397 g/mol. The van der Waals surface area contributed by atoms with Crippen molar-refractivity contribution in [2.75, 3.05) is 22.9 Å². The van der Waals surface area contributed by atoms with Gasteiger partial charge in [-0.2, -0.15) is 5.10 Å². The van der Waals surface area contributed by atoms with Crippen molar-refractivity contribution in [3.8, 4) is 0 Å². The van der Waals surface area contributed by atoms with Crippen LogP contribution in [0, 0.1) is 5.82 Å². The maximum Gasteiger partial charge on any atom is 0.414 e. The van der Waals surface area contributed by atoms with Crippen molar-refractivity contribution in [1.82, 2.24) is 15.1 Å². The Bertz CT molecular complexity index is 1000. The van der Waals surface area contributed by atoms with E-state index in [-0.39, 0.29) is 19.0 Å². The fourth-order valence-electron chi connectivity index (χ4n) is 3.52. The van der Waals surface area contributed by atoms with Crippen molar-refractivity contribution >= 4 is 29.6 Å². The van der Waals surface area contributed by atoms with Gasteiger partial charge in [-0.1, -0.05) is 6.58 Å². The van der Waals surface area contributed by atoms with Gasteiger partial charge in [0.25, 0.3) is 0 Å². The molecule has 150 valence electrons. The molecule has 2 aromatic rings. The predicted octanol–water partition coefficient (Wildman–Crippen LogP) is 2.26. The molecular formula is C20H20FN5O3. The molecule has 0 bridgehead atoms. The van der Waals surface area contributed by atoms with E-state index in [1.165, 1.54) is 17.9 Å². The Balaban J connectivity index is 1.46. The molecule has 1 N–H and O–H groups in total. The summed E-state index contributed by atoms with van der Waals surface area (Å²) in [5, 5.41) is 7.02. The van der Waals surface area contributed by atoms with Gasteiger partial charge >= 0.3 is 6.09 Å². The van der Waals surface area contributed by atoms with E-state index < -0.39 is 18.0 Å². The number of hydrogen-bond donors (Lipinski definition) is 1. The summed E-state index contributed by atoms with van der Waals surface area (Å²) in [6.45, 7) is 6.43. The van der Waals surface area contributed by atoms with Crippen LogP contribution in [0.3, 0.4) is 0 Å². The average molecular weight is 397 g/mol. The van der Waals surface area contributed by atoms with E-state index in [2.05, 4.69) is 22.7 Å². The minimum atomic E-state index is -0.557. The first-order chi connectivity index (χ1) is 13.9. The topological polar surface area (TPSA) is 79.7 Å². The van der Waals surface area contributed by atoms with Crippen LogP contribution in [0.2, 0.25) is 0 Å². The first-order valence-corrected chi connectivity index (χ1v) is 9.14. The molecule has 0 spiro atoms. The van der Waals surface area contributed by atoms with Crippen LogP contribution in [-0.2, 0) is 22.6 Å². The minimum Gasteiger partial charge on any atom is -0.442 e. The fourth-order valence-corrected chi connectivity index (χ4v) is 3.52. The lowest BCUT2D eigenvalue weighted by Crippen LogP contribution is -2.33. The van der Waals surface area contributed by atoms with Crippen LogP contribution in [0.4, 0.5) is 20.6 Å². The van der Waals surface area contributed by atoms with Crippen molar-refractivity contribution in [2.24, 2.45) is 0 Å². The highest BCUT2D eigenvalue weighted by Crippen LogP contribution is 2.32. The van der Waals surface area contributed by atoms with Gasteiger partial charge in [0.2, 0.25) is 5.91 Å². The van der Waals surface area contributed by atoms with E-state index in [0.717, 1.165) is 11.3 Å². The highest BCUT2D eigenvalue weighted by molar-refractivity contribution is 5.90. The second-order valence-electron chi connectivity index (χ2n) is 6.96. The second kappa shape index (κ2) is 7.44. The number of carbonyl (C=O) groups excluding carboxylic acids is 2. The Morgan fingerprint density at radius 3 is 3.00 bits per heavy atom. The smallest absolute Gasteiger partial charge is 0.414 e. The highest BCUT2D eigenvalue weighted by Gasteiger charge is 2.33. The van der Waals surface area contributed by atoms with Gasteiger partial charge in [0, 0.05) is 25.2 Å². The van der Waals surface area contributed by atoms with E-state index in [1.54, 1.807) is 23.0 Å². The molecule has 1 aromatic carbocycles. The molecule has 1 atom stereocenters. The van der Waals surface area contributed by atoms with Gasteiger partial charge in [0.05, 0.1) is 42.9 Å². The van der Waals surface area contributed by atoms with E-state index >= 15 is 0 Å². The lowest BCUT2D eigenvalue weighted by molar-refractivity contribution is -0.119. The molecule has 4 rings (SSSR count). The molecule has 2 aliphatic heterocycles. The zero-order valence-corrected chi connectivity index (χ0v) is 15.9. The summed E-state index contributed by atoms with van der Waals surface area (Å²) in [4.78, 5) is 26.4. The third-order valence-electron chi connectivity index (χ3n) is 4.86. The quantitative estimate of drug-likeness (QED) is 0.783. The van der Waals surface area contributed by atoms with Crippen molar-refractivity contribution in [2.45, 2.75) is 26.1 Å². The molecule has 8 nitrogen and oxygen atoms in total. The summed E-state index contributed by atoms with van der Waals surface area (Å²) in [6, 6.07) is 4.68. The Morgan fingerprint density at radius 1 is 1.48 bits per heavy atom. The van der Waals surface area contributed by atoms with Crippen LogP contribution in [0.15, 0.2) is 36.7 Å². The van der Waals surface area contributed by atoms with E-state index in [0.29, 0.717) is 24.5 Å². The van der Waals surface area contributed by atoms with Gasteiger partial charge in [-0.05, 0) is 18.2 Å². The zero-order valence-electron chi connectivity index (χ0n) is 15.9. The van der Waals surface area contributed by atoms with Gasteiger partial charge in [0.15, 0.2) is 0 Å². The first kappa shape index (κ1) is 18.8. The van der Waals surface area contributed by atoms with E-state index in [4.69, 9.17) is 4.74 Å². The van der Waals surface area contributed by atoms with Crippen LogP contribution < -0.4 is 15.1 Å². The third kappa shape index (κ3) is 3.72. The molecule has 0 unspecified atom stereocenters. The molecular weight excluding hydrogens is 377 g/mol. The minimum absolute atomic E-state index is 0.200. The van der Waals surface area contributed by atoms with Crippen molar-refractivity contribution in [3.05, 3.63) is 53.8 Å². The molecule has 3 heterocycles.